The summed E-state index contributed by atoms with van der Waals surface area (Å²) in [5.41, 5.74) is 1.02. The maximum atomic E-state index is 12.4. The summed E-state index contributed by atoms with van der Waals surface area (Å²) >= 11 is 0. The van der Waals surface area contributed by atoms with Crippen LogP contribution in [0.5, 0.6) is 0 Å². The lowest BCUT2D eigenvalue weighted by molar-refractivity contribution is -0.339. The van der Waals surface area contributed by atoms with Crippen molar-refractivity contribution in [2.75, 3.05) is 13.2 Å². The van der Waals surface area contributed by atoms with E-state index in [1.54, 1.807) is 24.3 Å². The first-order chi connectivity index (χ1) is 13.2. The fourth-order valence-electron chi connectivity index (χ4n) is 4.57. The van der Waals surface area contributed by atoms with Crippen molar-refractivity contribution < 1.29 is 22.1 Å². The second kappa shape index (κ2) is 8.82. The molecule has 0 bridgehead atoms. The highest BCUT2D eigenvalue weighted by atomic mass is 32.2. The highest BCUT2D eigenvalue weighted by Crippen LogP contribution is 2.46. The van der Waals surface area contributed by atoms with E-state index in [-0.39, 0.29) is 17.6 Å². The van der Waals surface area contributed by atoms with Gasteiger partial charge in [-0.3, -0.25) is 4.18 Å². The number of ether oxygens (including phenoxy) is 2. The molecule has 0 aromatic heterocycles. The second-order valence-corrected chi connectivity index (χ2v) is 10.4. The monoisotopic (exact) mass is 410 g/mol. The third kappa shape index (κ3) is 4.96. The molecule has 2 fully saturated rings. The van der Waals surface area contributed by atoms with Crippen molar-refractivity contribution in [3.05, 3.63) is 29.8 Å². The Hall–Kier alpha value is -0.950. The summed E-state index contributed by atoms with van der Waals surface area (Å²) in [6.07, 6.45) is 4.52. The van der Waals surface area contributed by atoms with E-state index in [1.165, 1.54) is 6.42 Å². The summed E-state index contributed by atoms with van der Waals surface area (Å²) in [5, 5.41) is 0. The van der Waals surface area contributed by atoms with Crippen LogP contribution in [0, 0.1) is 24.7 Å². The van der Waals surface area contributed by atoms with Gasteiger partial charge in [-0.15, -0.1) is 0 Å². The van der Waals surface area contributed by atoms with Gasteiger partial charge in [0.2, 0.25) is 0 Å². The predicted octanol–water partition coefficient (Wildman–Crippen LogP) is 4.68. The van der Waals surface area contributed by atoms with Gasteiger partial charge in [0.15, 0.2) is 5.79 Å². The average molecular weight is 411 g/mol. The van der Waals surface area contributed by atoms with E-state index in [0.717, 1.165) is 24.8 Å². The van der Waals surface area contributed by atoms with Crippen LogP contribution in [0.3, 0.4) is 0 Å². The minimum atomic E-state index is -3.73. The molecule has 2 aliphatic rings. The molecule has 0 radical (unpaired) electrons. The maximum absolute atomic E-state index is 12.4. The molecule has 6 heteroatoms. The van der Waals surface area contributed by atoms with Crippen LogP contribution >= 0.6 is 0 Å². The smallest absolute Gasteiger partial charge is 0.296 e. The Morgan fingerprint density at radius 3 is 2.57 bits per heavy atom. The van der Waals surface area contributed by atoms with Crippen molar-refractivity contribution in [1.82, 2.24) is 0 Å². The average Bonchev–Trinajstić information content (AvgIpc) is 2.61. The van der Waals surface area contributed by atoms with Gasteiger partial charge < -0.3 is 9.47 Å². The molecule has 1 aliphatic heterocycles. The Kier molecular flexibility index (Phi) is 6.85. The number of hydrogen-bond donors (Lipinski definition) is 0. The number of aryl methyl sites for hydroxylation is 1. The fraction of sp³-hybridized carbons (Fsp3) is 0.727. The van der Waals surface area contributed by atoms with E-state index in [9.17, 15) is 8.42 Å². The van der Waals surface area contributed by atoms with Crippen LogP contribution in [0.4, 0.5) is 0 Å². The first-order valence-electron chi connectivity index (χ1n) is 10.5. The maximum Gasteiger partial charge on any atom is 0.296 e. The molecule has 1 heterocycles. The summed E-state index contributed by atoms with van der Waals surface area (Å²) in [6, 6.07) is 6.72. The van der Waals surface area contributed by atoms with Crippen LogP contribution in [-0.2, 0) is 23.8 Å². The summed E-state index contributed by atoms with van der Waals surface area (Å²) in [7, 11) is -3.73. The Bertz CT molecular complexity index is 743. The zero-order chi connectivity index (χ0) is 20.4. The van der Waals surface area contributed by atoms with E-state index in [4.69, 9.17) is 13.7 Å². The number of rotatable bonds is 6. The molecule has 1 saturated heterocycles. The van der Waals surface area contributed by atoms with Crippen molar-refractivity contribution in [2.24, 2.45) is 17.8 Å². The molecule has 3 rings (SSSR count). The Labute approximate surface area is 169 Å². The highest BCUT2D eigenvalue weighted by Gasteiger charge is 2.49. The molecule has 5 nitrogen and oxygen atoms in total. The minimum Gasteiger partial charge on any atom is -0.349 e. The van der Waals surface area contributed by atoms with E-state index >= 15 is 0 Å². The molecule has 0 N–H and O–H groups in total. The van der Waals surface area contributed by atoms with Gasteiger partial charge in [-0.1, -0.05) is 44.9 Å². The van der Waals surface area contributed by atoms with Crippen LogP contribution in [-0.4, -0.2) is 33.5 Å². The molecule has 28 heavy (non-hydrogen) atoms. The van der Waals surface area contributed by atoms with Crippen LogP contribution < -0.4 is 0 Å². The first kappa shape index (κ1) is 21.8. The lowest BCUT2D eigenvalue weighted by Gasteiger charge is -2.51. The van der Waals surface area contributed by atoms with Crippen molar-refractivity contribution in [1.29, 1.82) is 0 Å². The van der Waals surface area contributed by atoms with E-state index in [2.05, 4.69) is 20.8 Å². The SMILES string of the molecule is Cc1ccc(S(=O)(=O)OCC[C@H]2CCO[C@]3(C[C@H](C)CC[C@H]3C(C)C)O2)cc1. The molecular formula is C22H34O5S. The third-order valence-electron chi connectivity index (χ3n) is 6.11. The van der Waals surface area contributed by atoms with Gasteiger partial charge in [0.25, 0.3) is 10.1 Å². The molecular weight excluding hydrogens is 376 g/mol. The summed E-state index contributed by atoms with van der Waals surface area (Å²) < 4.78 is 42.8. The Balaban J connectivity index is 1.59. The van der Waals surface area contributed by atoms with Crippen LogP contribution in [0.2, 0.25) is 0 Å². The van der Waals surface area contributed by atoms with Crippen molar-refractivity contribution >= 4 is 10.1 Å². The third-order valence-corrected chi connectivity index (χ3v) is 7.44. The topological polar surface area (TPSA) is 61.8 Å². The second-order valence-electron chi connectivity index (χ2n) is 8.80. The highest BCUT2D eigenvalue weighted by molar-refractivity contribution is 7.86. The van der Waals surface area contributed by atoms with E-state index in [1.807, 2.05) is 6.92 Å². The van der Waals surface area contributed by atoms with Gasteiger partial charge >= 0.3 is 0 Å². The minimum absolute atomic E-state index is 0.0338. The largest absolute Gasteiger partial charge is 0.349 e. The Morgan fingerprint density at radius 1 is 1.18 bits per heavy atom. The van der Waals surface area contributed by atoms with Crippen LogP contribution in [0.1, 0.15) is 58.4 Å². The lowest BCUT2D eigenvalue weighted by atomic mass is 9.72. The van der Waals surface area contributed by atoms with Crippen molar-refractivity contribution in [3.8, 4) is 0 Å². The molecule has 0 unspecified atom stereocenters. The predicted molar refractivity (Wildman–Crippen MR) is 108 cm³/mol. The number of hydrogen-bond acceptors (Lipinski definition) is 5. The normalized spacial score (nSPS) is 31.4. The standard InChI is InChI=1S/C22H34O5S/c1-16(2)21-10-7-18(4)15-22(21)25-13-11-19(27-22)12-14-26-28(23,24)20-8-5-17(3)6-9-20/h5-6,8-9,16,18-19,21H,7,10-15H2,1-4H3/t18-,19-,21+,22-/m1/s1. The van der Waals surface area contributed by atoms with E-state index in [0.29, 0.717) is 30.8 Å². The van der Waals surface area contributed by atoms with E-state index < -0.39 is 15.9 Å². The quantitative estimate of drug-likeness (QED) is 0.637. The summed E-state index contributed by atoms with van der Waals surface area (Å²) in [6.45, 7) is 9.42. The molecule has 4 atom stereocenters. The molecule has 1 aromatic carbocycles. The van der Waals surface area contributed by atoms with Crippen molar-refractivity contribution in [3.63, 3.8) is 0 Å². The van der Waals surface area contributed by atoms with Gasteiger partial charge in [0.1, 0.15) is 0 Å². The van der Waals surface area contributed by atoms with Gasteiger partial charge in [-0.25, -0.2) is 0 Å². The molecule has 1 aliphatic carbocycles. The van der Waals surface area contributed by atoms with Crippen molar-refractivity contribution in [2.45, 2.75) is 76.6 Å². The van der Waals surface area contributed by atoms with Gasteiger partial charge in [0.05, 0.1) is 24.2 Å². The Morgan fingerprint density at radius 2 is 1.89 bits per heavy atom. The lowest BCUT2D eigenvalue weighted by Crippen LogP contribution is -2.54. The fourth-order valence-corrected chi connectivity index (χ4v) is 5.49. The van der Waals surface area contributed by atoms with Crippen LogP contribution in [0.15, 0.2) is 29.2 Å². The molecule has 1 spiro atoms. The molecule has 158 valence electrons. The van der Waals surface area contributed by atoms with Gasteiger partial charge in [-0.05, 0) is 50.2 Å². The first-order valence-corrected chi connectivity index (χ1v) is 11.9. The molecule has 1 saturated carbocycles. The van der Waals surface area contributed by atoms with Crippen LogP contribution in [0.25, 0.3) is 0 Å². The molecule has 0 amide bonds. The number of benzene rings is 1. The zero-order valence-electron chi connectivity index (χ0n) is 17.5. The van der Waals surface area contributed by atoms with Gasteiger partial charge in [0, 0.05) is 12.3 Å². The van der Waals surface area contributed by atoms with Gasteiger partial charge in [-0.2, -0.15) is 8.42 Å². The zero-order valence-corrected chi connectivity index (χ0v) is 18.3. The molecule has 1 aromatic rings. The summed E-state index contributed by atoms with van der Waals surface area (Å²) in [4.78, 5) is 0.198. The summed E-state index contributed by atoms with van der Waals surface area (Å²) in [5.74, 6) is 0.921.